The van der Waals surface area contributed by atoms with Crippen molar-refractivity contribution in [3.05, 3.63) is 48.5 Å². The van der Waals surface area contributed by atoms with Crippen LogP contribution in [0.3, 0.4) is 0 Å². The summed E-state index contributed by atoms with van der Waals surface area (Å²) >= 11 is 0. The third kappa shape index (κ3) is 3.14. The molecule has 0 saturated carbocycles. The van der Waals surface area contributed by atoms with Gasteiger partial charge in [0.05, 0.1) is 24.7 Å². The summed E-state index contributed by atoms with van der Waals surface area (Å²) < 4.78 is 11.2. The Balaban J connectivity index is 1.61. The summed E-state index contributed by atoms with van der Waals surface area (Å²) in [6, 6.07) is 15.6. The molecule has 0 aliphatic rings. The molecule has 1 unspecified atom stereocenters. The number of nitrogens with zero attached hydrogens (tertiary/aromatic N) is 1. The molecule has 1 atom stereocenters. The first-order valence-corrected chi connectivity index (χ1v) is 7.24. The highest BCUT2D eigenvalue weighted by Crippen LogP contribution is 2.26. The number of para-hydroxylation sites is 4. The number of benzene rings is 2. The maximum atomic E-state index is 5.90. The first-order chi connectivity index (χ1) is 10.8. The number of aromatic amines is 1. The Bertz CT molecular complexity index is 721. The van der Waals surface area contributed by atoms with Crippen molar-refractivity contribution in [3.8, 4) is 11.5 Å². The number of rotatable bonds is 6. The predicted octanol–water partition coefficient (Wildman–Crippen LogP) is 3.45. The summed E-state index contributed by atoms with van der Waals surface area (Å²) in [5, 5.41) is 3.26. The van der Waals surface area contributed by atoms with E-state index in [4.69, 9.17) is 9.47 Å². The van der Waals surface area contributed by atoms with Gasteiger partial charge in [-0.25, -0.2) is 4.98 Å². The Morgan fingerprint density at radius 1 is 1.09 bits per heavy atom. The minimum absolute atomic E-state index is 0.0236. The molecule has 1 heterocycles. The number of imidazole rings is 1. The summed E-state index contributed by atoms with van der Waals surface area (Å²) in [4.78, 5) is 7.71. The zero-order valence-corrected chi connectivity index (χ0v) is 12.7. The maximum absolute atomic E-state index is 5.90. The molecule has 3 rings (SSSR count). The van der Waals surface area contributed by atoms with E-state index in [2.05, 4.69) is 15.3 Å². The smallest absolute Gasteiger partial charge is 0.201 e. The Labute approximate surface area is 129 Å². The van der Waals surface area contributed by atoms with E-state index in [9.17, 15) is 0 Å². The molecular weight excluding hydrogens is 278 g/mol. The lowest BCUT2D eigenvalue weighted by molar-refractivity contribution is 0.223. The number of fused-ring (bicyclic) bond motifs is 1. The zero-order chi connectivity index (χ0) is 15.4. The lowest BCUT2D eigenvalue weighted by Gasteiger charge is -2.17. The molecular formula is C17H19N3O2. The fourth-order valence-corrected chi connectivity index (χ4v) is 2.25. The standard InChI is InChI=1S/C17H19N3O2/c1-12(22-16-10-6-5-9-15(16)21-2)11-18-17-19-13-7-3-4-8-14(13)20-17/h3-10,12H,11H2,1-2H3,(H2,18,19,20). The van der Waals surface area contributed by atoms with Crippen molar-refractivity contribution in [2.75, 3.05) is 19.0 Å². The molecule has 114 valence electrons. The Hall–Kier alpha value is -2.69. The molecule has 0 spiro atoms. The molecule has 2 aromatic carbocycles. The average Bonchev–Trinajstić information content (AvgIpc) is 2.96. The van der Waals surface area contributed by atoms with Gasteiger partial charge in [0.2, 0.25) is 5.95 Å². The predicted molar refractivity (Wildman–Crippen MR) is 87.7 cm³/mol. The van der Waals surface area contributed by atoms with Crippen LogP contribution in [-0.4, -0.2) is 29.7 Å². The van der Waals surface area contributed by atoms with Crippen molar-refractivity contribution >= 4 is 17.0 Å². The van der Waals surface area contributed by atoms with Crippen LogP contribution in [0.4, 0.5) is 5.95 Å². The van der Waals surface area contributed by atoms with Crippen molar-refractivity contribution in [2.24, 2.45) is 0 Å². The van der Waals surface area contributed by atoms with Gasteiger partial charge in [-0.15, -0.1) is 0 Å². The van der Waals surface area contributed by atoms with Gasteiger partial charge < -0.3 is 19.8 Å². The van der Waals surface area contributed by atoms with Crippen LogP contribution >= 0.6 is 0 Å². The fraction of sp³-hybridized carbons (Fsp3) is 0.235. The number of hydrogen-bond acceptors (Lipinski definition) is 4. The van der Waals surface area contributed by atoms with Crippen molar-refractivity contribution in [1.29, 1.82) is 0 Å². The zero-order valence-electron chi connectivity index (χ0n) is 12.7. The van der Waals surface area contributed by atoms with Gasteiger partial charge in [-0.3, -0.25) is 0 Å². The summed E-state index contributed by atoms with van der Waals surface area (Å²) in [7, 11) is 1.64. The number of aromatic nitrogens is 2. The Kier molecular flexibility index (Phi) is 4.14. The van der Waals surface area contributed by atoms with Gasteiger partial charge in [0.25, 0.3) is 0 Å². The third-order valence-electron chi connectivity index (χ3n) is 3.34. The number of anilines is 1. The lowest BCUT2D eigenvalue weighted by Crippen LogP contribution is -2.23. The first-order valence-electron chi connectivity index (χ1n) is 7.24. The average molecular weight is 297 g/mol. The van der Waals surface area contributed by atoms with Crippen LogP contribution in [0.25, 0.3) is 11.0 Å². The highest BCUT2D eigenvalue weighted by atomic mass is 16.5. The molecule has 0 aliphatic heterocycles. The van der Waals surface area contributed by atoms with E-state index in [1.54, 1.807) is 7.11 Å². The molecule has 5 heteroatoms. The second-order valence-electron chi connectivity index (χ2n) is 5.06. The summed E-state index contributed by atoms with van der Waals surface area (Å²) in [6.45, 7) is 2.64. The Morgan fingerprint density at radius 3 is 2.59 bits per heavy atom. The van der Waals surface area contributed by atoms with Crippen LogP contribution in [0.1, 0.15) is 6.92 Å². The molecule has 0 fully saturated rings. The van der Waals surface area contributed by atoms with E-state index in [1.165, 1.54) is 0 Å². The van der Waals surface area contributed by atoms with E-state index >= 15 is 0 Å². The highest BCUT2D eigenvalue weighted by molar-refractivity contribution is 5.77. The number of ether oxygens (including phenoxy) is 2. The van der Waals surface area contributed by atoms with E-state index < -0.39 is 0 Å². The van der Waals surface area contributed by atoms with Crippen LogP contribution in [-0.2, 0) is 0 Å². The number of H-pyrrole nitrogens is 1. The highest BCUT2D eigenvalue weighted by Gasteiger charge is 2.09. The summed E-state index contributed by atoms with van der Waals surface area (Å²) in [5.41, 5.74) is 1.96. The normalized spacial score (nSPS) is 12.1. The largest absolute Gasteiger partial charge is 0.493 e. The van der Waals surface area contributed by atoms with Crippen molar-refractivity contribution in [2.45, 2.75) is 13.0 Å². The van der Waals surface area contributed by atoms with Gasteiger partial charge in [-0.05, 0) is 31.2 Å². The molecule has 0 bridgehead atoms. The summed E-state index contributed by atoms with van der Waals surface area (Å²) in [5.74, 6) is 2.22. The van der Waals surface area contributed by atoms with Gasteiger partial charge in [0, 0.05) is 0 Å². The third-order valence-corrected chi connectivity index (χ3v) is 3.34. The molecule has 1 aromatic heterocycles. The minimum atomic E-state index is -0.0236. The summed E-state index contributed by atoms with van der Waals surface area (Å²) in [6.07, 6.45) is -0.0236. The molecule has 0 aliphatic carbocycles. The minimum Gasteiger partial charge on any atom is -0.493 e. The van der Waals surface area contributed by atoms with E-state index in [0.29, 0.717) is 6.54 Å². The number of hydrogen-bond donors (Lipinski definition) is 2. The van der Waals surface area contributed by atoms with Crippen LogP contribution < -0.4 is 14.8 Å². The van der Waals surface area contributed by atoms with E-state index in [1.807, 2.05) is 55.5 Å². The van der Waals surface area contributed by atoms with Crippen LogP contribution in [0.15, 0.2) is 48.5 Å². The number of nitrogens with one attached hydrogen (secondary N) is 2. The first kappa shape index (κ1) is 14.3. The van der Waals surface area contributed by atoms with Gasteiger partial charge in [-0.1, -0.05) is 24.3 Å². The second-order valence-corrected chi connectivity index (χ2v) is 5.06. The van der Waals surface area contributed by atoms with Crippen molar-refractivity contribution in [1.82, 2.24) is 9.97 Å². The van der Waals surface area contributed by atoms with Crippen LogP contribution in [0.5, 0.6) is 11.5 Å². The molecule has 3 aromatic rings. The SMILES string of the molecule is COc1ccccc1OC(C)CNc1nc2ccccc2[nH]1. The second kappa shape index (κ2) is 6.39. The molecule has 0 radical (unpaired) electrons. The van der Waals surface area contributed by atoms with Gasteiger partial charge in [0.1, 0.15) is 6.10 Å². The van der Waals surface area contributed by atoms with E-state index in [0.717, 1.165) is 28.5 Å². The van der Waals surface area contributed by atoms with E-state index in [-0.39, 0.29) is 6.10 Å². The van der Waals surface area contributed by atoms with Crippen molar-refractivity contribution in [3.63, 3.8) is 0 Å². The number of methoxy groups -OCH3 is 1. The van der Waals surface area contributed by atoms with Crippen LogP contribution in [0.2, 0.25) is 0 Å². The van der Waals surface area contributed by atoms with Crippen molar-refractivity contribution < 1.29 is 9.47 Å². The van der Waals surface area contributed by atoms with Gasteiger partial charge in [0.15, 0.2) is 11.5 Å². The van der Waals surface area contributed by atoms with Gasteiger partial charge in [-0.2, -0.15) is 0 Å². The molecule has 5 nitrogen and oxygen atoms in total. The molecule has 0 amide bonds. The monoisotopic (exact) mass is 297 g/mol. The lowest BCUT2D eigenvalue weighted by atomic mass is 10.3. The molecule has 2 N–H and O–H groups in total. The molecule has 22 heavy (non-hydrogen) atoms. The Morgan fingerprint density at radius 2 is 1.82 bits per heavy atom. The quantitative estimate of drug-likeness (QED) is 0.731. The maximum Gasteiger partial charge on any atom is 0.201 e. The van der Waals surface area contributed by atoms with Crippen LogP contribution in [0, 0.1) is 0 Å². The fourth-order valence-electron chi connectivity index (χ4n) is 2.25. The molecule has 0 saturated heterocycles. The topological polar surface area (TPSA) is 59.2 Å². The van der Waals surface area contributed by atoms with Gasteiger partial charge >= 0.3 is 0 Å².